The number of carboxylic acid groups (broad SMARTS) is 1. The van der Waals surface area contributed by atoms with Crippen molar-refractivity contribution in [2.24, 2.45) is 0 Å². The summed E-state index contributed by atoms with van der Waals surface area (Å²) in [6, 6.07) is 0. The zero-order valence-electron chi connectivity index (χ0n) is 11.8. The first-order chi connectivity index (χ1) is 8.87. The van der Waals surface area contributed by atoms with Crippen molar-refractivity contribution >= 4 is 29.3 Å². The number of hydrogen-bond acceptors (Lipinski definition) is 6. The lowest BCUT2D eigenvalue weighted by Gasteiger charge is -2.28. The van der Waals surface area contributed by atoms with Gasteiger partial charge in [0.2, 0.25) is 0 Å². The lowest BCUT2D eigenvalue weighted by molar-refractivity contribution is -0.144. The fraction of sp³-hybridized carbons (Fsp3) is 0.750. The van der Waals surface area contributed by atoms with Crippen molar-refractivity contribution in [1.29, 1.82) is 0 Å². The van der Waals surface area contributed by atoms with Crippen LogP contribution in [0.15, 0.2) is 4.34 Å². The minimum absolute atomic E-state index is 0.165. The number of nitrogens with one attached hydrogen (secondary N) is 1. The molecule has 1 aromatic rings. The Morgan fingerprint density at radius 2 is 2.32 bits per heavy atom. The minimum Gasteiger partial charge on any atom is -0.480 e. The molecule has 0 aliphatic heterocycles. The first-order valence-electron chi connectivity index (χ1n) is 6.32. The monoisotopic (exact) mass is 303 g/mol. The zero-order valence-corrected chi connectivity index (χ0v) is 13.4. The van der Waals surface area contributed by atoms with Crippen molar-refractivity contribution in [3.8, 4) is 0 Å². The maximum atomic E-state index is 11.4. The summed E-state index contributed by atoms with van der Waals surface area (Å²) in [6.45, 7) is 8.36. The summed E-state index contributed by atoms with van der Waals surface area (Å²) in [5, 5.41) is 12.7. The Labute approximate surface area is 122 Å². The third-order valence-electron chi connectivity index (χ3n) is 2.74. The molecule has 0 fully saturated rings. The quantitative estimate of drug-likeness (QED) is 0.719. The second-order valence-corrected chi connectivity index (χ2v) is 7.24. The molecule has 19 heavy (non-hydrogen) atoms. The lowest BCUT2D eigenvalue weighted by atomic mass is 9.96. The molecule has 0 aliphatic carbocycles. The molecule has 7 heteroatoms. The van der Waals surface area contributed by atoms with Crippen molar-refractivity contribution in [3.05, 3.63) is 5.82 Å². The molecule has 0 bridgehead atoms. The van der Waals surface area contributed by atoms with Gasteiger partial charge in [-0.1, -0.05) is 25.6 Å². The van der Waals surface area contributed by atoms with Crippen molar-refractivity contribution in [1.82, 2.24) is 14.7 Å². The Bertz CT molecular complexity index is 425. The number of carbonyl (C=O) groups is 1. The number of rotatable bonds is 8. The van der Waals surface area contributed by atoms with Crippen LogP contribution in [-0.4, -0.2) is 37.8 Å². The highest BCUT2D eigenvalue weighted by Gasteiger charge is 2.34. The van der Waals surface area contributed by atoms with Crippen LogP contribution >= 0.6 is 23.3 Å². The highest BCUT2D eigenvalue weighted by atomic mass is 32.2. The molecule has 2 N–H and O–H groups in total. The molecule has 1 heterocycles. The van der Waals surface area contributed by atoms with E-state index in [1.807, 2.05) is 20.8 Å². The van der Waals surface area contributed by atoms with E-state index in [0.717, 1.165) is 16.6 Å². The third kappa shape index (κ3) is 5.08. The number of aromatic nitrogens is 2. The fourth-order valence-corrected chi connectivity index (χ4v) is 3.90. The van der Waals surface area contributed by atoms with Crippen LogP contribution in [0.2, 0.25) is 0 Å². The Balaban J connectivity index is 2.60. The highest BCUT2D eigenvalue weighted by Crippen LogP contribution is 2.29. The van der Waals surface area contributed by atoms with Crippen molar-refractivity contribution in [2.75, 3.05) is 6.54 Å². The molecule has 0 radical (unpaired) electrons. The molecular weight excluding hydrogens is 282 g/mol. The normalized spacial score (nSPS) is 16.0. The average Bonchev–Trinajstić information content (AvgIpc) is 2.71. The number of nitrogens with zero attached hydrogens (tertiary/aromatic N) is 2. The predicted molar refractivity (Wildman–Crippen MR) is 78.9 cm³/mol. The second-order valence-electron chi connectivity index (χ2n) is 4.80. The molecule has 2 atom stereocenters. The van der Waals surface area contributed by atoms with Crippen LogP contribution in [0.25, 0.3) is 0 Å². The molecule has 1 aromatic heterocycles. The van der Waals surface area contributed by atoms with Gasteiger partial charge in [0, 0.05) is 5.25 Å². The highest BCUT2D eigenvalue weighted by molar-refractivity contribution is 8.01. The predicted octanol–water partition coefficient (Wildman–Crippen LogP) is 2.56. The Hall–Kier alpha value is -0.660. The topological polar surface area (TPSA) is 75.1 Å². The smallest absolute Gasteiger partial charge is 0.323 e. The van der Waals surface area contributed by atoms with Gasteiger partial charge in [-0.2, -0.15) is 4.37 Å². The van der Waals surface area contributed by atoms with Gasteiger partial charge in [-0.15, -0.1) is 0 Å². The molecule has 0 aliphatic rings. The van der Waals surface area contributed by atoms with Gasteiger partial charge < -0.3 is 10.4 Å². The third-order valence-corrected chi connectivity index (χ3v) is 4.72. The maximum absolute atomic E-state index is 11.4. The number of aryl methyl sites for hydroxylation is 1. The van der Waals surface area contributed by atoms with Gasteiger partial charge in [-0.25, -0.2) is 4.98 Å². The van der Waals surface area contributed by atoms with Crippen LogP contribution in [0.1, 0.15) is 39.4 Å². The van der Waals surface area contributed by atoms with Gasteiger partial charge in [0.25, 0.3) is 0 Å². The summed E-state index contributed by atoms with van der Waals surface area (Å²) >= 11 is 2.95. The van der Waals surface area contributed by atoms with Gasteiger partial charge in [-0.3, -0.25) is 4.79 Å². The molecule has 0 saturated carbocycles. The summed E-state index contributed by atoms with van der Waals surface area (Å²) in [6.07, 6.45) is 1.46. The summed E-state index contributed by atoms with van der Waals surface area (Å²) in [5.41, 5.74) is -0.887. The van der Waals surface area contributed by atoms with E-state index < -0.39 is 11.5 Å². The van der Waals surface area contributed by atoms with E-state index in [-0.39, 0.29) is 5.25 Å². The largest absolute Gasteiger partial charge is 0.480 e. The van der Waals surface area contributed by atoms with Crippen molar-refractivity contribution in [3.63, 3.8) is 0 Å². The van der Waals surface area contributed by atoms with E-state index >= 15 is 0 Å². The van der Waals surface area contributed by atoms with Crippen LogP contribution in [0.5, 0.6) is 0 Å². The van der Waals surface area contributed by atoms with E-state index in [2.05, 4.69) is 14.7 Å². The van der Waals surface area contributed by atoms with Gasteiger partial charge in [0.1, 0.15) is 11.4 Å². The SMILES string of the molecule is CCCNC(C)(CC(C)Sc1nc(C)ns1)C(=O)O. The molecule has 0 spiro atoms. The molecule has 108 valence electrons. The maximum Gasteiger partial charge on any atom is 0.323 e. The van der Waals surface area contributed by atoms with Gasteiger partial charge >= 0.3 is 5.97 Å². The zero-order chi connectivity index (χ0) is 14.5. The van der Waals surface area contributed by atoms with E-state index in [0.29, 0.717) is 13.0 Å². The Kier molecular flexibility index (Phi) is 6.22. The summed E-state index contributed by atoms with van der Waals surface area (Å²) < 4.78 is 5.03. The second kappa shape index (κ2) is 7.21. The van der Waals surface area contributed by atoms with Crippen LogP contribution < -0.4 is 5.32 Å². The van der Waals surface area contributed by atoms with Crippen molar-refractivity contribution < 1.29 is 9.90 Å². The molecule has 1 rings (SSSR count). The van der Waals surface area contributed by atoms with E-state index in [1.54, 1.807) is 18.7 Å². The number of aliphatic carboxylic acids is 1. The van der Waals surface area contributed by atoms with Gasteiger partial charge in [-0.05, 0) is 44.8 Å². The van der Waals surface area contributed by atoms with E-state index in [1.165, 1.54) is 11.5 Å². The lowest BCUT2D eigenvalue weighted by Crippen LogP contribution is -2.51. The number of carboxylic acids is 1. The number of hydrogen-bond donors (Lipinski definition) is 2. The van der Waals surface area contributed by atoms with Crippen LogP contribution in [0.4, 0.5) is 0 Å². The van der Waals surface area contributed by atoms with Crippen molar-refractivity contribution in [2.45, 2.75) is 55.7 Å². The Morgan fingerprint density at radius 1 is 1.63 bits per heavy atom. The molecule has 5 nitrogen and oxygen atoms in total. The summed E-state index contributed by atoms with van der Waals surface area (Å²) in [5.74, 6) is -0.0355. The first kappa shape index (κ1) is 16.4. The van der Waals surface area contributed by atoms with Crippen LogP contribution in [0, 0.1) is 6.92 Å². The standard InChI is InChI=1S/C12H21N3O2S2/c1-5-6-13-12(4,10(16)17)7-8(2)18-11-14-9(3)15-19-11/h8,13H,5-7H2,1-4H3,(H,16,17). The van der Waals surface area contributed by atoms with Gasteiger partial charge in [0.15, 0.2) is 4.34 Å². The molecule has 0 saturated heterocycles. The molecule has 0 aromatic carbocycles. The summed E-state index contributed by atoms with van der Waals surface area (Å²) in [7, 11) is 0. The van der Waals surface area contributed by atoms with Gasteiger partial charge in [0.05, 0.1) is 0 Å². The average molecular weight is 303 g/mol. The van der Waals surface area contributed by atoms with Crippen LogP contribution in [-0.2, 0) is 4.79 Å². The van der Waals surface area contributed by atoms with E-state index in [9.17, 15) is 9.90 Å². The molecule has 2 unspecified atom stereocenters. The molecular formula is C12H21N3O2S2. The molecule has 0 amide bonds. The minimum atomic E-state index is -0.887. The van der Waals surface area contributed by atoms with E-state index in [4.69, 9.17) is 0 Å². The fourth-order valence-electron chi connectivity index (χ4n) is 1.75. The Morgan fingerprint density at radius 3 is 2.79 bits per heavy atom. The summed E-state index contributed by atoms with van der Waals surface area (Å²) in [4.78, 5) is 15.7. The first-order valence-corrected chi connectivity index (χ1v) is 7.98. The van der Waals surface area contributed by atoms with Crippen LogP contribution in [0.3, 0.4) is 0 Å². The number of thioether (sulfide) groups is 1.